The predicted octanol–water partition coefficient (Wildman–Crippen LogP) is 2.62. The monoisotopic (exact) mass is 335 g/mol. The quantitative estimate of drug-likeness (QED) is 0.801. The van der Waals surface area contributed by atoms with Gasteiger partial charge in [0.1, 0.15) is 17.8 Å². The van der Waals surface area contributed by atoms with Crippen LogP contribution >= 0.6 is 0 Å². The van der Waals surface area contributed by atoms with Crippen molar-refractivity contribution < 1.29 is 19.7 Å². The van der Waals surface area contributed by atoms with Gasteiger partial charge in [-0.3, -0.25) is 9.69 Å². The smallest absolute Gasteiger partial charge is 0.313 e. The zero-order chi connectivity index (χ0) is 17.7. The van der Waals surface area contributed by atoms with Gasteiger partial charge >= 0.3 is 5.97 Å². The fraction of sp³-hybridized carbons (Fsp3) is 0.632. The molecule has 0 saturated carbocycles. The van der Waals surface area contributed by atoms with Crippen molar-refractivity contribution in [2.75, 3.05) is 26.2 Å². The third-order valence-corrected chi connectivity index (χ3v) is 5.20. The van der Waals surface area contributed by atoms with Gasteiger partial charge in [0, 0.05) is 19.6 Å². The molecule has 0 aromatic heterocycles. The number of aliphatic hydroxyl groups excluding tert-OH is 1. The van der Waals surface area contributed by atoms with Crippen molar-refractivity contribution in [1.29, 1.82) is 0 Å². The SMILES string of the molecule is CCC[C@]1(C(=O)O)CN(CCOc2cccc(C)c2C)CCC1O. The van der Waals surface area contributed by atoms with Crippen LogP contribution in [-0.4, -0.2) is 53.4 Å². The zero-order valence-electron chi connectivity index (χ0n) is 14.9. The standard InChI is InChI=1S/C19H29NO4/c1-4-9-19(18(22)23)13-20(10-8-17(19)21)11-12-24-16-7-5-6-14(2)15(16)3/h5-7,17,21H,4,8-13H2,1-3H3,(H,22,23)/t17?,19-/m0/s1. The van der Waals surface area contributed by atoms with E-state index in [0.29, 0.717) is 39.1 Å². The second kappa shape index (κ2) is 7.99. The number of piperidine rings is 1. The first-order valence-corrected chi connectivity index (χ1v) is 8.73. The molecule has 1 aliphatic rings. The van der Waals surface area contributed by atoms with Gasteiger partial charge in [-0.2, -0.15) is 0 Å². The Hall–Kier alpha value is -1.59. The van der Waals surface area contributed by atoms with Crippen molar-refractivity contribution in [2.24, 2.45) is 5.41 Å². The third kappa shape index (κ3) is 3.90. The van der Waals surface area contributed by atoms with E-state index in [9.17, 15) is 15.0 Å². The van der Waals surface area contributed by atoms with Gasteiger partial charge < -0.3 is 14.9 Å². The lowest BCUT2D eigenvalue weighted by Crippen LogP contribution is -2.56. The summed E-state index contributed by atoms with van der Waals surface area (Å²) in [6.07, 6.45) is 0.968. The van der Waals surface area contributed by atoms with Crippen LogP contribution in [0.2, 0.25) is 0 Å². The van der Waals surface area contributed by atoms with Crippen LogP contribution in [0, 0.1) is 19.3 Å². The average molecular weight is 335 g/mol. The van der Waals surface area contributed by atoms with Crippen LogP contribution < -0.4 is 4.74 Å². The van der Waals surface area contributed by atoms with E-state index in [0.717, 1.165) is 17.7 Å². The van der Waals surface area contributed by atoms with Gasteiger partial charge in [0.25, 0.3) is 0 Å². The van der Waals surface area contributed by atoms with Gasteiger partial charge in [0.2, 0.25) is 0 Å². The summed E-state index contributed by atoms with van der Waals surface area (Å²) in [5.74, 6) is -0.0119. The molecule has 1 unspecified atom stereocenters. The molecule has 5 nitrogen and oxygen atoms in total. The number of nitrogens with zero attached hydrogens (tertiary/aromatic N) is 1. The Balaban J connectivity index is 1.95. The highest BCUT2D eigenvalue weighted by Crippen LogP contribution is 2.35. The van der Waals surface area contributed by atoms with E-state index in [4.69, 9.17) is 4.74 Å². The highest BCUT2D eigenvalue weighted by atomic mass is 16.5. The minimum absolute atomic E-state index is 0.382. The molecule has 1 heterocycles. The summed E-state index contributed by atoms with van der Waals surface area (Å²) < 4.78 is 5.88. The van der Waals surface area contributed by atoms with Crippen molar-refractivity contribution in [3.8, 4) is 5.75 Å². The van der Waals surface area contributed by atoms with E-state index in [1.807, 2.05) is 26.0 Å². The third-order valence-electron chi connectivity index (χ3n) is 5.20. The minimum Gasteiger partial charge on any atom is -0.492 e. The number of hydrogen-bond donors (Lipinski definition) is 2. The maximum absolute atomic E-state index is 11.8. The summed E-state index contributed by atoms with van der Waals surface area (Å²) in [5.41, 5.74) is 1.28. The fourth-order valence-electron chi connectivity index (χ4n) is 3.53. The molecule has 5 heteroatoms. The molecule has 0 amide bonds. The summed E-state index contributed by atoms with van der Waals surface area (Å²) >= 11 is 0. The number of likely N-dealkylation sites (tertiary alicyclic amines) is 1. The number of aryl methyl sites for hydroxylation is 1. The number of hydrogen-bond acceptors (Lipinski definition) is 4. The molecular weight excluding hydrogens is 306 g/mol. The number of rotatable bonds is 7. The molecule has 0 aliphatic carbocycles. The minimum atomic E-state index is -1.05. The normalized spacial score (nSPS) is 24.8. The van der Waals surface area contributed by atoms with Gasteiger partial charge in [-0.05, 0) is 43.9 Å². The zero-order valence-corrected chi connectivity index (χ0v) is 14.9. The lowest BCUT2D eigenvalue weighted by Gasteiger charge is -2.43. The number of ether oxygens (including phenoxy) is 1. The van der Waals surface area contributed by atoms with E-state index in [1.165, 1.54) is 5.56 Å². The van der Waals surface area contributed by atoms with Crippen LogP contribution in [-0.2, 0) is 4.79 Å². The number of carboxylic acids is 1. The molecular formula is C19H29NO4. The largest absolute Gasteiger partial charge is 0.492 e. The molecule has 1 aliphatic heterocycles. The first-order valence-electron chi connectivity index (χ1n) is 8.73. The molecule has 2 atom stereocenters. The van der Waals surface area contributed by atoms with Crippen molar-refractivity contribution in [3.05, 3.63) is 29.3 Å². The molecule has 1 saturated heterocycles. The Kier molecular flexibility index (Phi) is 6.24. The molecule has 0 spiro atoms. The van der Waals surface area contributed by atoms with Crippen LogP contribution in [0.1, 0.15) is 37.3 Å². The molecule has 134 valence electrons. The molecule has 1 aromatic rings. The molecule has 2 rings (SSSR count). The first-order chi connectivity index (χ1) is 11.4. The number of aliphatic carboxylic acids is 1. The fourth-order valence-corrected chi connectivity index (χ4v) is 3.53. The van der Waals surface area contributed by atoms with Gasteiger partial charge in [-0.1, -0.05) is 25.5 Å². The Labute approximate surface area is 144 Å². The van der Waals surface area contributed by atoms with Gasteiger partial charge in [-0.25, -0.2) is 0 Å². The van der Waals surface area contributed by atoms with Gasteiger partial charge in [0.05, 0.1) is 6.10 Å². The van der Waals surface area contributed by atoms with E-state index in [1.54, 1.807) is 0 Å². The highest BCUT2D eigenvalue weighted by Gasteiger charge is 2.48. The first kappa shape index (κ1) is 18.7. The van der Waals surface area contributed by atoms with E-state index in [2.05, 4.69) is 17.9 Å². The lowest BCUT2D eigenvalue weighted by atomic mass is 9.74. The number of carboxylic acid groups (broad SMARTS) is 1. The van der Waals surface area contributed by atoms with Crippen LogP contribution in [0.25, 0.3) is 0 Å². The Bertz CT molecular complexity index is 574. The van der Waals surface area contributed by atoms with Gasteiger partial charge in [-0.15, -0.1) is 0 Å². The van der Waals surface area contributed by atoms with E-state index in [-0.39, 0.29) is 0 Å². The van der Waals surface area contributed by atoms with Crippen LogP contribution in [0.15, 0.2) is 18.2 Å². The van der Waals surface area contributed by atoms with Crippen LogP contribution in [0.5, 0.6) is 5.75 Å². The molecule has 2 N–H and O–H groups in total. The molecule has 0 bridgehead atoms. The lowest BCUT2D eigenvalue weighted by molar-refractivity contribution is -0.164. The van der Waals surface area contributed by atoms with Crippen molar-refractivity contribution in [2.45, 2.75) is 46.1 Å². The Morgan fingerprint density at radius 2 is 2.17 bits per heavy atom. The Morgan fingerprint density at radius 3 is 2.83 bits per heavy atom. The van der Waals surface area contributed by atoms with E-state index >= 15 is 0 Å². The summed E-state index contributed by atoms with van der Waals surface area (Å²) in [6.45, 7) is 8.32. The van der Waals surface area contributed by atoms with Crippen molar-refractivity contribution >= 4 is 5.97 Å². The maximum atomic E-state index is 11.8. The second-order valence-electron chi connectivity index (χ2n) is 6.84. The summed E-state index contributed by atoms with van der Waals surface area (Å²) in [6, 6.07) is 5.99. The van der Waals surface area contributed by atoms with Gasteiger partial charge in [0.15, 0.2) is 0 Å². The number of carbonyl (C=O) groups is 1. The molecule has 24 heavy (non-hydrogen) atoms. The maximum Gasteiger partial charge on any atom is 0.313 e. The summed E-state index contributed by atoms with van der Waals surface area (Å²) in [4.78, 5) is 13.9. The number of benzene rings is 1. The topological polar surface area (TPSA) is 70.0 Å². The average Bonchev–Trinajstić information content (AvgIpc) is 2.54. The molecule has 1 aromatic carbocycles. The van der Waals surface area contributed by atoms with E-state index < -0.39 is 17.5 Å². The van der Waals surface area contributed by atoms with Crippen LogP contribution in [0.4, 0.5) is 0 Å². The highest BCUT2D eigenvalue weighted by molar-refractivity contribution is 5.76. The predicted molar refractivity (Wildman–Crippen MR) is 93.5 cm³/mol. The summed E-state index contributed by atoms with van der Waals surface area (Å²) in [7, 11) is 0. The summed E-state index contributed by atoms with van der Waals surface area (Å²) in [5, 5.41) is 19.9. The van der Waals surface area contributed by atoms with Crippen molar-refractivity contribution in [1.82, 2.24) is 4.90 Å². The number of aliphatic hydroxyl groups is 1. The molecule has 1 fully saturated rings. The second-order valence-corrected chi connectivity index (χ2v) is 6.84. The van der Waals surface area contributed by atoms with Crippen molar-refractivity contribution in [3.63, 3.8) is 0 Å². The van der Waals surface area contributed by atoms with Crippen LogP contribution in [0.3, 0.4) is 0 Å². The Morgan fingerprint density at radius 1 is 1.42 bits per heavy atom. The molecule has 0 radical (unpaired) electrons.